The van der Waals surface area contributed by atoms with Gasteiger partial charge in [-0.25, -0.2) is 0 Å². The van der Waals surface area contributed by atoms with Crippen molar-refractivity contribution in [2.45, 2.75) is 78.7 Å². The second kappa shape index (κ2) is 11.5. The molecule has 2 aromatic rings. The summed E-state index contributed by atoms with van der Waals surface area (Å²) in [7, 11) is 4.00. The predicted octanol–water partition coefficient (Wildman–Crippen LogP) is 6.10. The number of carbonyl (C=O) groups excluding carboxylic acids is 2. The molecule has 1 heterocycles. The van der Waals surface area contributed by atoms with Crippen molar-refractivity contribution in [3.8, 4) is 0 Å². The van der Waals surface area contributed by atoms with Crippen LogP contribution in [0.3, 0.4) is 0 Å². The van der Waals surface area contributed by atoms with E-state index in [1.807, 2.05) is 37.7 Å². The SMILES string of the molecule is CCCCCCCC(=O)N1CCc2ccc(N(C)C)cc2C1C(=O)Nc1c(C)cc(C)cc1C. The van der Waals surface area contributed by atoms with E-state index in [9.17, 15) is 9.59 Å². The average molecular weight is 464 g/mol. The number of benzene rings is 2. The minimum Gasteiger partial charge on any atom is -0.378 e. The first-order valence-electron chi connectivity index (χ1n) is 12.7. The van der Waals surface area contributed by atoms with E-state index in [4.69, 9.17) is 0 Å². The fourth-order valence-electron chi connectivity index (χ4n) is 5.02. The minimum absolute atomic E-state index is 0.0786. The second-order valence-corrected chi connectivity index (χ2v) is 9.94. The molecule has 1 aliphatic heterocycles. The molecule has 5 nitrogen and oxygen atoms in total. The zero-order valence-electron chi connectivity index (χ0n) is 21.8. The second-order valence-electron chi connectivity index (χ2n) is 9.94. The van der Waals surface area contributed by atoms with Gasteiger partial charge in [0.15, 0.2) is 0 Å². The molecule has 1 aliphatic rings. The van der Waals surface area contributed by atoms with Crippen molar-refractivity contribution in [3.63, 3.8) is 0 Å². The highest BCUT2D eigenvalue weighted by atomic mass is 16.2. The maximum atomic E-state index is 13.8. The van der Waals surface area contributed by atoms with Gasteiger partial charge in [-0.15, -0.1) is 0 Å². The van der Waals surface area contributed by atoms with Gasteiger partial charge in [0.1, 0.15) is 6.04 Å². The standard InChI is InChI=1S/C29H41N3O2/c1-7-8-9-10-11-12-26(33)32-16-15-23-13-14-24(31(5)6)19-25(23)28(32)29(34)30-27-21(3)17-20(2)18-22(27)4/h13-14,17-19,28H,7-12,15-16H2,1-6H3,(H,30,34). The van der Waals surface area contributed by atoms with Gasteiger partial charge in [-0.1, -0.05) is 56.4 Å². The maximum absolute atomic E-state index is 13.8. The van der Waals surface area contributed by atoms with E-state index in [2.05, 4.69) is 49.5 Å². The number of rotatable bonds is 9. The highest BCUT2D eigenvalue weighted by Crippen LogP contribution is 2.35. The minimum atomic E-state index is -0.619. The lowest BCUT2D eigenvalue weighted by Crippen LogP contribution is -2.45. The van der Waals surface area contributed by atoms with E-state index < -0.39 is 6.04 Å². The van der Waals surface area contributed by atoms with Crippen LogP contribution in [0.5, 0.6) is 0 Å². The van der Waals surface area contributed by atoms with E-state index in [0.717, 1.165) is 59.3 Å². The third kappa shape index (κ3) is 5.99. The first-order chi connectivity index (χ1) is 16.2. The Morgan fingerprint density at radius 2 is 1.68 bits per heavy atom. The van der Waals surface area contributed by atoms with Crippen LogP contribution in [0.15, 0.2) is 30.3 Å². The van der Waals surface area contributed by atoms with Crippen LogP contribution in [0.25, 0.3) is 0 Å². The van der Waals surface area contributed by atoms with Crippen LogP contribution < -0.4 is 10.2 Å². The molecule has 34 heavy (non-hydrogen) atoms. The van der Waals surface area contributed by atoms with Crippen molar-refractivity contribution in [2.24, 2.45) is 0 Å². The third-order valence-corrected chi connectivity index (χ3v) is 6.86. The Hall–Kier alpha value is -2.82. The normalized spacial score (nSPS) is 15.1. The van der Waals surface area contributed by atoms with Gasteiger partial charge in [-0.2, -0.15) is 0 Å². The number of carbonyl (C=O) groups is 2. The van der Waals surface area contributed by atoms with Gasteiger partial charge >= 0.3 is 0 Å². The smallest absolute Gasteiger partial charge is 0.251 e. The summed E-state index contributed by atoms with van der Waals surface area (Å²) in [5.41, 5.74) is 7.22. The van der Waals surface area contributed by atoms with Crippen LogP contribution in [0.1, 0.15) is 79.3 Å². The van der Waals surface area contributed by atoms with Crippen LogP contribution in [0.4, 0.5) is 11.4 Å². The van der Waals surface area contributed by atoms with Crippen molar-refractivity contribution < 1.29 is 9.59 Å². The molecular weight excluding hydrogens is 422 g/mol. The van der Waals surface area contributed by atoms with Gasteiger partial charge in [-0.3, -0.25) is 9.59 Å². The molecule has 0 spiro atoms. The fourth-order valence-corrected chi connectivity index (χ4v) is 5.02. The van der Waals surface area contributed by atoms with Gasteiger partial charge in [0.05, 0.1) is 0 Å². The molecule has 1 N–H and O–H groups in total. The lowest BCUT2D eigenvalue weighted by Gasteiger charge is -2.37. The molecule has 3 rings (SSSR count). The van der Waals surface area contributed by atoms with E-state index >= 15 is 0 Å². The number of hydrogen-bond donors (Lipinski definition) is 1. The van der Waals surface area contributed by atoms with Crippen molar-refractivity contribution in [2.75, 3.05) is 30.9 Å². The zero-order chi connectivity index (χ0) is 24.8. The molecule has 0 saturated heterocycles. The van der Waals surface area contributed by atoms with E-state index in [0.29, 0.717) is 13.0 Å². The molecule has 0 bridgehead atoms. The van der Waals surface area contributed by atoms with Crippen LogP contribution in [-0.2, 0) is 16.0 Å². The van der Waals surface area contributed by atoms with E-state index in [-0.39, 0.29) is 11.8 Å². The zero-order valence-corrected chi connectivity index (χ0v) is 21.8. The summed E-state index contributed by atoms with van der Waals surface area (Å²) in [5, 5.41) is 3.19. The molecule has 2 aromatic carbocycles. The molecule has 1 atom stereocenters. The van der Waals surface area contributed by atoms with E-state index in [1.165, 1.54) is 18.4 Å². The molecule has 184 valence electrons. The maximum Gasteiger partial charge on any atom is 0.251 e. The Kier molecular flexibility index (Phi) is 8.76. The number of nitrogens with one attached hydrogen (secondary N) is 1. The summed E-state index contributed by atoms with van der Waals surface area (Å²) in [6.45, 7) is 8.87. The Bertz CT molecular complexity index is 1010. The monoisotopic (exact) mass is 463 g/mol. The third-order valence-electron chi connectivity index (χ3n) is 6.86. The Morgan fingerprint density at radius 1 is 1.00 bits per heavy atom. The van der Waals surface area contributed by atoms with E-state index in [1.54, 1.807) is 0 Å². The fraction of sp³-hybridized carbons (Fsp3) is 0.517. The molecule has 1 unspecified atom stereocenters. The van der Waals surface area contributed by atoms with Crippen LogP contribution in [0.2, 0.25) is 0 Å². The summed E-state index contributed by atoms with van der Waals surface area (Å²) in [5.74, 6) is -0.0545. The number of amides is 2. The number of hydrogen-bond acceptors (Lipinski definition) is 3. The summed E-state index contributed by atoms with van der Waals surface area (Å²) in [6.07, 6.45) is 6.77. The van der Waals surface area contributed by atoms with Gasteiger partial charge in [0.25, 0.3) is 5.91 Å². The summed E-state index contributed by atoms with van der Waals surface area (Å²) >= 11 is 0. The first-order valence-corrected chi connectivity index (χ1v) is 12.7. The Labute approximate surface area is 205 Å². The highest BCUT2D eigenvalue weighted by Gasteiger charge is 2.36. The van der Waals surface area contributed by atoms with Gasteiger partial charge in [-0.05, 0) is 68.0 Å². The largest absolute Gasteiger partial charge is 0.378 e. The Balaban J connectivity index is 1.91. The number of fused-ring (bicyclic) bond motifs is 1. The quantitative estimate of drug-likeness (QED) is 0.457. The first kappa shape index (κ1) is 25.8. The van der Waals surface area contributed by atoms with Crippen molar-refractivity contribution >= 4 is 23.2 Å². The van der Waals surface area contributed by atoms with Crippen LogP contribution in [0, 0.1) is 20.8 Å². The van der Waals surface area contributed by atoms with Gasteiger partial charge in [0.2, 0.25) is 5.91 Å². The summed E-state index contributed by atoms with van der Waals surface area (Å²) in [4.78, 5) is 31.0. The molecule has 0 aromatic heterocycles. The molecule has 0 radical (unpaired) electrons. The van der Waals surface area contributed by atoms with Gasteiger partial charge in [0, 0.05) is 38.4 Å². The Morgan fingerprint density at radius 3 is 2.32 bits per heavy atom. The lowest BCUT2D eigenvalue weighted by molar-refractivity contribution is -0.139. The summed E-state index contributed by atoms with van der Waals surface area (Å²) in [6, 6.07) is 9.83. The molecule has 0 fully saturated rings. The number of aryl methyl sites for hydroxylation is 3. The molecular formula is C29H41N3O2. The predicted molar refractivity (Wildman–Crippen MR) is 142 cm³/mol. The van der Waals surface area contributed by atoms with Crippen molar-refractivity contribution in [1.82, 2.24) is 4.90 Å². The number of nitrogens with zero attached hydrogens (tertiary/aromatic N) is 2. The van der Waals surface area contributed by atoms with Crippen molar-refractivity contribution in [3.05, 3.63) is 58.1 Å². The lowest BCUT2D eigenvalue weighted by atomic mass is 9.90. The summed E-state index contributed by atoms with van der Waals surface area (Å²) < 4.78 is 0. The molecule has 2 amide bonds. The van der Waals surface area contributed by atoms with Gasteiger partial charge < -0.3 is 15.1 Å². The van der Waals surface area contributed by atoms with Crippen molar-refractivity contribution in [1.29, 1.82) is 0 Å². The van der Waals surface area contributed by atoms with Crippen LogP contribution in [-0.4, -0.2) is 37.4 Å². The topological polar surface area (TPSA) is 52.7 Å². The molecule has 5 heteroatoms. The number of anilines is 2. The molecule has 0 aliphatic carbocycles. The average Bonchev–Trinajstić information content (AvgIpc) is 2.79. The number of unbranched alkanes of at least 4 members (excludes halogenated alkanes) is 4. The van der Waals surface area contributed by atoms with Crippen LogP contribution >= 0.6 is 0 Å². The molecule has 0 saturated carbocycles. The highest BCUT2D eigenvalue weighted by molar-refractivity contribution is 5.99.